The van der Waals surface area contributed by atoms with Crippen LogP contribution in [-0.2, 0) is 10.0 Å². The molecule has 0 atom stereocenters. The molecule has 0 aliphatic rings. The first-order chi connectivity index (χ1) is 9.29. The smallest absolute Gasteiger partial charge is 0.264 e. The van der Waals surface area contributed by atoms with Crippen molar-refractivity contribution in [2.75, 3.05) is 10.5 Å². The van der Waals surface area contributed by atoms with E-state index in [4.69, 9.17) is 17.3 Å². The van der Waals surface area contributed by atoms with Gasteiger partial charge in [0.05, 0.1) is 5.02 Å². The van der Waals surface area contributed by atoms with Crippen LogP contribution in [0.5, 0.6) is 0 Å². The number of sulfonamides is 1. The van der Waals surface area contributed by atoms with Gasteiger partial charge in [-0.25, -0.2) is 13.4 Å². The third-order valence-electron chi connectivity index (χ3n) is 2.52. The molecule has 1 aromatic carbocycles. The molecule has 0 bridgehead atoms. The van der Waals surface area contributed by atoms with Crippen molar-refractivity contribution in [2.24, 2.45) is 0 Å². The van der Waals surface area contributed by atoms with Crippen molar-refractivity contribution in [3.63, 3.8) is 0 Å². The Morgan fingerprint density at radius 3 is 2.70 bits per heavy atom. The van der Waals surface area contributed by atoms with Crippen LogP contribution in [0, 0.1) is 6.92 Å². The van der Waals surface area contributed by atoms with Crippen LogP contribution in [0.1, 0.15) is 5.56 Å². The number of nitrogens with two attached hydrogens (primary N) is 1. The fourth-order valence-electron chi connectivity index (χ4n) is 1.56. The monoisotopic (exact) mass is 375 g/mol. The summed E-state index contributed by atoms with van der Waals surface area (Å²) in [6.07, 6.45) is 1.51. The van der Waals surface area contributed by atoms with Crippen molar-refractivity contribution < 1.29 is 8.42 Å². The molecule has 2 aromatic rings. The number of hydrogen-bond donors (Lipinski definition) is 2. The SMILES string of the molecule is Cc1cc(Br)cnc1NS(=O)(=O)c1cc(N)ccc1Cl. The highest BCUT2D eigenvalue weighted by molar-refractivity contribution is 9.10. The van der Waals surface area contributed by atoms with Gasteiger partial charge in [-0.3, -0.25) is 4.72 Å². The largest absolute Gasteiger partial charge is 0.399 e. The lowest BCUT2D eigenvalue weighted by atomic mass is 10.3. The first-order valence-electron chi connectivity index (χ1n) is 5.49. The molecule has 0 amide bonds. The standard InChI is InChI=1S/C12H11BrClN3O2S/c1-7-4-8(13)6-16-12(7)17-20(18,19)11-5-9(15)2-3-10(11)14/h2-6H,15H2,1H3,(H,16,17). The summed E-state index contributed by atoms with van der Waals surface area (Å²) in [5, 5.41) is 0.0986. The summed E-state index contributed by atoms with van der Waals surface area (Å²) in [4.78, 5) is 3.95. The number of nitrogens with one attached hydrogen (secondary N) is 1. The molecule has 1 aromatic heterocycles. The van der Waals surface area contributed by atoms with E-state index >= 15 is 0 Å². The second kappa shape index (κ2) is 5.59. The van der Waals surface area contributed by atoms with Crippen LogP contribution in [0.2, 0.25) is 5.02 Å². The van der Waals surface area contributed by atoms with E-state index in [0.717, 1.165) is 4.47 Å². The molecule has 0 spiro atoms. The van der Waals surface area contributed by atoms with Crippen molar-refractivity contribution in [3.8, 4) is 0 Å². The molecule has 0 unspecified atom stereocenters. The van der Waals surface area contributed by atoms with Gasteiger partial charge in [0.15, 0.2) is 0 Å². The summed E-state index contributed by atoms with van der Waals surface area (Å²) in [6.45, 7) is 1.75. The van der Waals surface area contributed by atoms with Crippen LogP contribution in [0.15, 0.2) is 39.8 Å². The van der Waals surface area contributed by atoms with Gasteiger partial charge in [-0.05, 0) is 52.7 Å². The van der Waals surface area contributed by atoms with E-state index in [9.17, 15) is 8.42 Å². The van der Waals surface area contributed by atoms with Gasteiger partial charge in [0.1, 0.15) is 10.7 Å². The number of anilines is 2. The highest BCUT2D eigenvalue weighted by Gasteiger charge is 2.19. The second-order valence-electron chi connectivity index (χ2n) is 4.11. The minimum absolute atomic E-state index is 0.0803. The summed E-state index contributed by atoms with van der Waals surface area (Å²) in [5.74, 6) is 0.242. The van der Waals surface area contributed by atoms with E-state index in [2.05, 4.69) is 25.6 Å². The molecule has 20 heavy (non-hydrogen) atoms. The summed E-state index contributed by atoms with van der Waals surface area (Å²) in [6, 6.07) is 6.03. The lowest BCUT2D eigenvalue weighted by molar-refractivity contribution is 0.601. The van der Waals surface area contributed by atoms with Gasteiger partial charge in [0.2, 0.25) is 0 Å². The number of halogens is 2. The fourth-order valence-corrected chi connectivity index (χ4v) is 3.62. The van der Waals surface area contributed by atoms with E-state index in [1.54, 1.807) is 13.0 Å². The van der Waals surface area contributed by atoms with E-state index < -0.39 is 10.0 Å². The summed E-state index contributed by atoms with van der Waals surface area (Å²) < 4.78 is 27.8. The third kappa shape index (κ3) is 3.23. The normalized spacial score (nSPS) is 11.3. The molecule has 0 saturated heterocycles. The Morgan fingerprint density at radius 2 is 2.05 bits per heavy atom. The molecule has 5 nitrogen and oxygen atoms in total. The summed E-state index contributed by atoms with van der Waals surface area (Å²) in [5.41, 5.74) is 6.59. The zero-order valence-corrected chi connectivity index (χ0v) is 13.6. The third-order valence-corrected chi connectivity index (χ3v) is 4.77. The molecular weight excluding hydrogens is 366 g/mol. The topological polar surface area (TPSA) is 85.1 Å². The van der Waals surface area contributed by atoms with Crippen LogP contribution in [0.25, 0.3) is 0 Å². The average molecular weight is 377 g/mol. The predicted octanol–water partition coefficient (Wildman–Crippen LogP) is 3.19. The highest BCUT2D eigenvalue weighted by atomic mass is 79.9. The minimum Gasteiger partial charge on any atom is -0.399 e. The number of aromatic nitrogens is 1. The lowest BCUT2D eigenvalue weighted by Gasteiger charge is -2.11. The van der Waals surface area contributed by atoms with Gasteiger partial charge in [-0.2, -0.15) is 0 Å². The van der Waals surface area contributed by atoms with Crippen LogP contribution >= 0.6 is 27.5 Å². The molecule has 0 aliphatic heterocycles. The van der Waals surface area contributed by atoms with Gasteiger partial charge in [-0.15, -0.1) is 0 Å². The molecule has 3 N–H and O–H groups in total. The van der Waals surface area contributed by atoms with Crippen LogP contribution < -0.4 is 10.5 Å². The molecule has 0 fully saturated rings. The Bertz CT molecular complexity index is 765. The Kier molecular flexibility index (Phi) is 4.22. The van der Waals surface area contributed by atoms with E-state index in [-0.39, 0.29) is 15.7 Å². The fraction of sp³-hybridized carbons (Fsp3) is 0.0833. The van der Waals surface area contributed by atoms with Crippen LogP contribution in [0.4, 0.5) is 11.5 Å². The van der Waals surface area contributed by atoms with Gasteiger partial charge in [0.25, 0.3) is 10.0 Å². The molecule has 106 valence electrons. The summed E-state index contributed by atoms with van der Waals surface area (Å²) >= 11 is 9.17. The molecule has 2 rings (SSSR count). The van der Waals surface area contributed by atoms with Gasteiger partial charge < -0.3 is 5.73 Å². The van der Waals surface area contributed by atoms with E-state index in [1.807, 2.05) is 0 Å². The van der Waals surface area contributed by atoms with Crippen LogP contribution in [-0.4, -0.2) is 13.4 Å². The zero-order chi connectivity index (χ0) is 14.9. The van der Waals surface area contributed by atoms with Gasteiger partial charge in [-0.1, -0.05) is 11.6 Å². The lowest BCUT2D eigenvalue weighted by Crippen LogP contribution is -2.15. The maximum Gasteiger partial charge on any atom is 0.264 e. The molecule has 0 radical (unpaired) electrons. The van der Waals surface area contributed by atoms with Crippen molar-refractivity contribution >= 4 is 49.1 Å². The van der Waals surface area contributed by atoms with E-state index in [1.165, 1.54) is 24.4 Å². The van der Waals surface area contributed by atoms with Crippen molar-refractivity contribution in [3.05, 3.63) is 45.5 Å². The number of pyridine rings is 1. The number of benzene rings is 1. The molecule has 1 heterocycles. The predicted molar refractivity (Wildman–Crippen MR) is 83.3 cm³/mol. The maximum absolute atomic E-state index is 12.3. The minimum atomic E-state index is -3.84. The maximum atomic E-state index is 12.3. The van der Waals surface area contributed by atoms with Crippen molar-refractivity contribution in [1.82, 2.24) is 4.98 Å². The number of nitrogen functional groups attached to an aromatic ring is 1. The Morgan fingerprint density at radius 1 is 1.35 bits per heavy atom. The average Bonchev–Trinajstić information content (AvgIpc) is 2.35. The number of nitrogens with zero attached hydrogens (tertiary/aromatic N) is 1. The molecule has 0 aliphatic carbocycles. The zero-order valence-electron chi connectivity index (χ0n) is 10.4. The van der Waals surface area contributed by atoms with Crippen LogP contribution in [0.3, 0.4) is 0 Å². The van der Waals surface area contributed by atoms with Gasteiger partial charge in [0, 0.05) is 16.4 Å². The Labute approximate surface area is 130 Å². The first-order valence-corrected chi connectivity index (χ1v) is 8.15. The van der Waals surface area contributed by atoms with Crippen molar-refractivity contribution in [1.29, 1.82) is 0 Å². The Balaban J connectivity index is 2.43. The molecule has 8 heteroatoms. The quantitative estimate of drug-likeness (QED) is 0.806. The number of hydrogen-bond acceptors (Lipinski definition) is 4. The van der Waals surface area contributed by atoms with Crippen molar-refractivity contribution in [2.45, 2.75) is 11.8 Å². The highest BCUT2D eigenvalue weighted by Crippen LogP contribution is 2.26. The number of rotatable bonds is 3. The summed E-state index contributed by atoms with van der Waals surface area (Å²) in [7, 11) is -3.84. The number of aryl methyl sites for hydroxylation is 1. The second-order valence-corrected chi connectivity index (χ2v) is 7.09. The molecular formula is C12H11BrClN3O2S. The molecule has 0 saturated carbocycles. The van der Waals surface area contributed by atoms with E-state index in [0.29, 0.717) is 11.3 Å². The van der Waals surface area contributed by atoms with Gasteiger partial charge >= 0.3 is 0 Å². The first kappa shape index (κ1) is 15.1. The Hall–Kier alpha value is -1.31.